The van der Waals surface area contributed by atoms with Crippen LogP contribution in [0.4, 0.5) is 0 Å². The second-order valence-electron chi connectivity index (χ2n) is 3.55. The van der Waals surface area contributed by atoms with Crippen LogP contribution in [0.25, 0.3) is 0 Å². The normalized spacial score (nSPS) is 11.9. The van der Waals surface area contributed by atoms with E-state index in [4.69, 9.17) is 11.6 Å². The minimum atomic E-state index is -0.517. The van der Waals surface area contributed by atoms with Gasteiger partial charge in [-0.1, -0.05) is 23.7 Å². The summed E-state index contributed by atoms with van der Waals surface area (Å²) < 4.78 is 4.52. The van der Waals surface area contributed by atoms with E-state index in [0.717, 1.165) is 0 Å². The van der Waals surface area contributed by atoms with Crippen LogP contribution in [-0.2, 0) is 9.53 Å². The Balaban J connectivity index is 2.89. The maximum Gasteiger partial charge on any atom is 0.306 e. The Hall–Kier alpha value is -1.62. The van der Waals surface area contributed by atoms with Crippen LogP contribution >= 0.6 is 11.6 Å². The minimum absolute atomic E-state index is 0.0299. The first-order valence-corrected chi connectivity index (χ1v) is 5.34. The van der Waals surface area contributed by atoms with E-state index in [1.54, 1.807) is 24.3 Å². The molecule has 0 spiro atoms. The average molecular weight is 258 g/mol. The lowest BCUT2D eigenvalue weighted by atomic mass is 9.96. The number of rotatable bonds is 5. The highest BCUT2D eigenvalue weighted by atomic mass is 35.5. The average Bonchev–Trinajstić information content (AvgIpc) is 2.27. The van der Waals surface area contributed by atoms with Crippen LogP contribution in [0.2, 0.25) is 5.02 Å². The van der Waals surface area contributed by atoms with Crippen LogP contribution in [0.5, 0.6) is 0 Å². The molecule has 0 saturated heterocycles. The van der Waals surface area contributed by atoms with Crippen molar-refractivity contribution in [3.8, 4) is 0 Å². The van der Waals surface area contributed by atoms with Gasteiger partial charge in [-0.15, -0.1) is 0 Å². The Kier molecular flexibility index (Phi) is 4.90. The molecule has 1 atom stereocenters. The number of nitro groups is 1. The molecule has 0 aliphatic rings. The molecule has 0 heterocycles. The highest BCUT2D eigenvalue weighted by Crippen LogP contribution is 2.23. The summed E-state index contributed by atoms with van der Waals surface area (Å²) in [6, 6.07) is 6.70. The molecule has 0 aliphatic heterocycles. The fraction of sp³-hybridized carbons (Fsp3) is 0.364. The topological polar surface area (TPSA) is 69.4 Å². The van der Waals surface area contributed by atoms with Gasteiger partial charge >= 0.3 is 5.97 Å². The lowest BCUT2D eigenvalue weighted by Crippen LogP contribution is -2.17. The lowest BCUT2D eigenvalue weighted by molar-refractivity contribution is -0.483. The Morgan fingerprint density at radius 2 is 2.29 bits per heavy atom. The first kappa shape index (κ1) is 13.4. The number of hydrogen-bond donors (Lipinski definition) is 0. The van der Waals surface area contributed by atoms with E-state index in [1.165, 1.54) is 7.11 Å². The van der Waals surface area contributed by atoms with Gasteiger partial charge in [0.1, 0.15) is 0 Å². The molecule has 1 aromatic rings. The second kappa shape index (κ2) is 6.20. The number of nitrogens with zero attached hydrogens (tertiary/aromatic N) is 1. The van der Waals surface area contributed by atoms with E-state index < -0.39 is 16.8 Å². The standard InChI is InChI=1S/C11H12ClNO4/c1-17-11(14)6-9(7-13(15)16)8-3-2-4-10(12)5-8/h2-5,9H,6-7H2,1H3. The van der Waals surface area contributed by atoms with Gasteiger partial charge in [-0.25, -0.2) is 0 Å². The van der Waals surface area contributed by atoms with Crippen molar-refractivity contribution in [2.75, 3.05) is 13.7 Å². The van der Waals surface area contributed by atoms with Crippen molar-refractivity contribution in [1.29, 1.82) is 0 Å². The van der Waals surface area contributed by atoms with Crippen molar-refractivity contribution in [3.05, 3.63) is 45.0 Å². The summed E-state index contributed by atoms with van der Waals surface area (Å²) in [5.41, 5.74) is 0.666. The maximum absolute atomic E-state index is 11.2. The zero-order chi connectivity index (χ0) is 12.8. The summed E-state index contributed by atoms with van der Waals surface area (Å²) in [5, 5.41) is 11.0. The largest absolute Gasteiger partial charge is 0.469 e. The fourth-order valence-electron chi connectivity index (χ4n) is 1.51. The molecule has 0 aromatic heterocycles. The molecule has 0 radical (unpaired) electrons. The molecule has 0 N–H and O–H groups in total. The van der Waals surface area contributed by atoms with E-state index in [9.17, 15) is 14.9 Å². The lowest BCUT2D eigenvalue weighted by Gasteiger charge is -2.12. The summed E-state index contributed by atoms with van der Waals surface area (Å²) in [6.45, 7) is -0.324. The van der Waals surface area contributed by atoms with E-state index >= 15 is 0 Å². The van der Waals surface area contributed by atoms with E-state index in [-0.39, 0.29) is 13.0 Å². The molecule has 6 heteroatoms. The summed E-state index contributed by atoms with van der Waals surface area (Å²) in [4.78, 5) is 21.3. The number of methoxy groups -OCH3 is 1. The predicted molar refractivity (Wildman–Crippen MR) is 62.7 cm³/mol. The van der Waals surface area contributed by atoms with Gasteiger partial charge in [0.2, 0.25) is 6.54 Å². The third kappa shape index (κ3) is 4.40. The van der Waals surface area contributed by atoms with Crippen molar-refractivity contribution in [3.63, 3.8) is 0 Å². The molecule has 0 bridgehead atoms. The monoisotopic (exact) mass is 257 g/mol. The molecule has 17 heavy (non-hydrogen) atoms. The molecular formula is C11H12ClNO4. The summed E-state index contributed by atoms with van der Waals surface area (Å²) >= 11 is 5.81. The molecule has 0 saturated carbocycles. The van der Waals surface area contributed by atoms with Crippen LogP contribution < -0.4 is 0 Å². The first-order chi connectivity index (χ1) is 8.02. The fourth-order valence-corrected chi connectivity index (χ4v) is 1.71. The van der Waals surface area contributed by atoms with Crippen molar-refractivity contribution in [2.24, 2.45) is 0 Å². The Morgan fingerprint density at radius 3 is 2.82 bits per heavy atom. The molecule has 0 fully saturated rings. The van der Waals surface area contributed by atoms with Gasteiger partial charge in [0.05, 0.1) is 19.4 Å². The quantitative estimate of drug-likeness (QED) is 0.461. The Morgan fingerprint density at radius 1 is 1.59 bits per heavy atom. The van der Waals surface area contributed by atoms with Gasteiger partial charge < -0.3 is 4.74 Å². The smallest absolute Gasteiger partial charge is 0.306 e. The Labute approximate surface area is 103 Å². The van der Waals surface area contributed by atoms with Gasteiger partial charge in [-0.05, 0) is 17.7 Å². The molecule has 1 rings (SSSR count). The molecule has 1 aromatic carbocycles. The van der Waals surface area contributed by atoms with Gasteiger partial charge in [-0.2, -0.15) is 0 Å². The van der Waals surface area contributed by atoms with Crippen molar-refractivity contribution in [1.82, 2.24) is 0 Å². The zero-order valence-corrected chi connectivity index (χ0v) is 10.0. The van der Waals surface area contributed by atoms with Gasteiger partial charge in [0.25, 0.3) is 0 Å². The van der Waals surface area contributed by atoms with Crippen LogP contribution in [0.15, 0.2) is 24.3 Å². The third-order valence-corrected chi connectivity index (χ3v) is 2.57. The van der Waals surface area contributed by atoms with Crippen LogP contribution in [0, 0.1) is 10.1 Å². The summed E-state index contributed by atoms with van der Waals surface area (Å²) in [6.07, 6.45) is -0.0299. The SMILES string of the molecule is COC(=O)CC(C[N+](=O)[O-])c1cccc(Cl)c1. The second-order valence-corrected chi connectivity index (χ2v) is 3.98. The van der Waals surface area contributed by atoms with Crippen LogP contribution in [-0.4, -0.2) is 24.5 Å². The highest BCUT2D eigenvalue weighted by molar-refractivity contribution is 6.30. The first-order valence-electron chi connectivity index (χ1n) is 4.97. The van der Waals surface area contributed by atoms with E-state index in [2.05, 4.69) is 4.74 Å². The number of carbonyl (C=O) groups is 1. The third-order valence-electron chi connectivity index (χ3n) is 2.33. The molecule has 92 valence electrons. The number of esters is 1. The number of halogens is 1. The van der Waals surface area contributed by atoms with E-state index in [1.807, 2.05) is 0 Å². The maximum atomic E-state index is 11.2. The van der Waals surface area contributed by atoms with Crippen LogP contribution in [0.3, 0.4) is 0 Å². The van der Waals surface area contributed by atoms with E-state index in [0.29, 0.717) is 10.6 Å². The number of carbonyl (C=O) groups excluding carboxylic acids is 1. The molecule has 0 aliphatic carbocycles. The van der Waals surface area contributed by atoms with Gasteiger partial charge in [0.15, 0.2) is 0 Å². The number of ether oxygens (including phenoxy) is 1. The summed E-state index contributed by atoms with van der Waals surface area (Å²) in [7, 11) is 1.25. The van der Waals surface area contributed by atoms with Crippen molar-refractivity contribution < 1.29 is 14.5 Å². The van der Waals surface area contributed by atoms with Gasteiger partial charge in [0, 0.05) is 9.95 Å². The van der Waals surface area contributed by atoms with Crippen LogP contribution in [0.1, 0.15) is 17.9 Å². The zero-order valence-electron chi connectivity index (χ0n) is 9.26. The molecule has 5 nitrogen and oxygen atoms in total. The van der Waals surface area contributed by atoms with Crippen molar-refractivity contribution in [2.45, 2.75) is 12.3 Å². The summed E-state index contributed by atoms with van der Waals surface area (Å²) in [5.74, 6) is -0.993. The minimum Gasteiger partial charge on any atom is -0.469 e. The van der Waals surface area contributed by atoms with Gasteiger partial charge in [-0.3, -0.25) is 14.9 Å². The predicted octanol–water partition coefficient (Wildman–Crippen LogP) is 2.26. The Bertz CT molecular complexity index is 422. The molecule has 1 unspecified atom stereocenters. The highest BCUT2D eigenvalue weighted by Gasteiger charge is 2.22. The number of benzene rings is 1. The molecule has 0 amide bonds. The van der Waals surface area contributed by atoms with Crippen molar-refractivity contribution >= 4 is 17.6 Å². The molecular weight excluding hydrogens is 246 g/mol. The number of hydrogen-bond acceptors (Lipinski definition) is 4.